The van der Waals surface area contributed by atoms with Gasteiger partial charge in [-0.2, -0.15) is 5.26 Å². The fourth-order valence-electron chi connectivity index (χ4n) is 1.43. The first kappa shape index (κ1) is 13.9. The highest BCUT2D eigenvalue weighted by Gasteiger charge is 2.09. The molecule has 0 saturated carbocycles. The van der Waals surface area contributed by atoms with Crippen LogP contribution in [0.25, 0.3) is 0 Å². The highest BCUT2D eigenvalue weighted by molar-refractivity contribution is 5.61. The predicted octanol–water partition coefficient (Wildman–Crippen LogP) is 2.30. The molecule has 0 unspecified atom stereocenters. The molecule has 1 aromatic rings. The van der Waals surface area contributed by atoms with Crippen LogP contribution in [0.1, 0.15) is 18.9 Å². The molecule has 0 aliphatic heterocycles. The average Bonchev–Trinajstić information content (AvgIpc) is 2.38. The molecule has 0 atom stereocenters. The Morgan fingerprint density at radius 3 is 2.94 bits per heavy atom. The molecular weight excluding hydrogens is 234 g/mol. The zero-order valence-corrected chi connectivity index (χ0v) is 10.2. The number of benzene rings is 1. The van der Waals surface area contributed by atoms with Crippen molar-refractivity contribution in [2.75, 3.05) is 25.1 Å². The van der Waals surface area contributed by atoms with Gasteiger partial charge in [0.25, 0.3) is 5.69 Å². The first-order valence-electron chi connectivity index (χ1n) is 5.69. The van der Waals surface area contributed by atoms with Crippen LogP contribution in [0.5, 0.6) is 0 Å². The number of rotatable bonds is 7. The number of non-ortho nitro benzene ring substituents is 1. The topological polar surface area (TPSA) is 88.2 Å². The number of nitro benzene ring substituents is 1. The van der Waals surface area contributed by atoms with Crippen LogP contribution in [0, 0.1) is 21.4 Å². The van der Waals surface area contributed by atoms with E-state index in [4.69, 9.17) is 10.00 Å². The molecular formula is C12H15N3O3. The number of nitriles is 1. The monoisotopic (exact) mass is 249 g/mol. The molecule has 0 fully saturated rings. The van der Waals surface area contributed by atoms with Crippen LogP contribution >= 0.6 is 0 Å². The van der Waals surface area contributed by atoms with Crippen molar-refractivity contribution < 1.29 is 9.66 Å². The van der Waals surface area contributed by atoms with Crippen molar-refractivity contribution >= 4 is 11.4 Å². The van der Waals surface area contributed by atoms with Crippen LogP contribution in [-0.2, 0) is 4.74 Å². The van der Waals surface area contributed by atoms with Crippen molar-refractivity contribution in [2.24, 2.45) is 0 Å². The fraction of sp³-hybridized carbons (Fsp3) is 0.417. The molecule has 96 valence electrons. The summed E-state index contributed by atoms with van der Waals surface area (Å²) in [4.78, 5) is 10.1. The second-order valence-electron chi connectivity index (χ2n) is 3.58. The molecule has 1 rings (SSSR count). The van der Waals surface area contributed by atoms with Gasteiger partial charge in [-0.1, -0.05) is 0 Å². The Morgan fingerprint density at radius 2 is 2.33 bits per heavy atom. The summed E-state index contributed by atoms with van der Waals surface area (Å²) in [6.07, 6.45) is 0.815. The maximum Gasteiger partial charge on any atom is 0.270 e. The molecule has 1 aromatic carbocycles. The van der Waals surface area contributed by atoms with Crippen LogP contribution in [0.15, 0.2) is 18.2 Å². The van der Waals surface area contributed by atoms with Gasteiger partial charge in [0.2, 0.25) is 0 Å². The Labute approximate surface area is 105 Å². The summed E-state index contributed by atoms with van der Waals surface area (Å²) in [5.74, 6) is 0. The maximum atomic E-state index is 10.6. The number of hydrogen-bond acceptors (Lipinski definition) is 5. The molecule has 1 N–H and O–H groups in total. The Bertz CT molecular complexity index is 454. The Balaban J connectivity index is 2.61. The highest BCUT2D eigenvalue weighted by atomic mass is 16.6. The smallest absolute Gasteiger partial charge is 0.270 e. The van der Waals surface area contributed by atoms with Crippen LogP contribution < -0.4 is 5.32 Å². The zero-order valence-electron chi connectivity index (χ0n) is 10.2. The van der Waals surface area contributed by atoms with E-state index in [0.29, 0.717) is 25.4 Å². The van der Waals surface area contributed by atoms with E-state index in [1.165, 1.54) is 12.1 Å². The van der Waals surface area contributed by atoms with Crippen molar-refractivity contribution in [3.8, 4) is 6.07 Å². The summed E-state index contributed by atoms with van der Waals surface area (Å²) >= 11 is 0. The predicted molar refractivity (Wildman–Crippen MR) is 67.4 cm³/mol. The van der Waals surface area contributed by atoms with Gasteiger partial charge in [-0.15, -0.1) is 0 Å². The summed E-state index contributed by atoms with van der Waals surface area (Å²) in [5, 5.41) is 22.6. The third kappa shape index (κ3) is 4.03. The minimum Gasteiger partial charge on any atom is -0.384 e. The van der Waals surface area contributed by atoms with E-state index in [-0.39, 0.29) is 11.3 Å². The summed E-state index contributed by atoms with van der Waals surface area (Å²) < 4.78 is 5.18. The van der Waals surface area contributed by atoms with E-state index in [9.17, 15) is 10.1 Å². The summed E-state index contributed by atoms with van der Waals surface area (Å²) in [6, 6.07) is 6.15. The lowest BCUT2D eigenvalue weighted by Crippen LogP contribution is -2.07. The number of hydrogen-bond donors (Lipinski definition) is 1. The number of ether oxygens (including phenoxy) is 1. The largest absolute Gasteiger partial charge is 0.384 e. The molecule has 6 heteroatoms. The third-order valence-corrected chi connectivity index (χ3v) is 2.32. The van der Waals surface area contributed by atoms with Gasteiger partial charge in [0.15, 0.2) is 0 Å². The number of nitro groups is 1. The highest BCUT2D eigenvalue weighted by Crippen LogP contribution is 2.21. The first-order chi connectivity index (χ1) is 8.69. The van der Waals surface area contributed by atoms with Gasteiger partial charge < -0.3 is 10.1 Å². The average molecular weight is 249 g/mol. The van der Waals surface area contributed by atoms with Crippen LogP contribution in [0.3, 0.4) is 0 Å². The van der Waals surface area contributed by atoms with Gasteiger partial charge in [-0.05, 0) is 19.4 Å². The Hall–Kier alpha value is -2.13. The molecule has 0 bridgehead atoms. The molecule has 18 heavy (non-hydrogen) atoms. The molecule has 0 aromatic heterocycles. The number of anilines is 1. The third-order valence-electron chi connectivity index (χ3n) is 2.32. The molecule has 0 aliphatic rings. The Kier molecular flexibility index (Phi) is 5.61. The van der Waals surface area contributed by atoms with Gasteiger partial charge in [-0.25, -0.2) is 0 Å². The van der Waals surface area contributed by atoms with Gasteiger partial charge in [0.05, 0.1) is 16.2 Å². The number of nitrogens with zero attached hydrogens (tertiary/aromatic N) is 2. The van der Waals surface area contributed by atoms with Crippen LogP contribution in [0.4, 0.5) is 11.4 Å². The summed E-state index contributed by atoms with van der Waals surface area (Å²) in [6.45, 7) is 3.92. The van der Waals surface area contributed by atoms with Crippen LogP contribution in [-0.4, -0.2) is 24.7 Å². The Morgan fingerprint density at radius 1 is 1.56 bits per heavy atom. The first-order valence-corrected chi connectivity index (χ1v) is 5.69. The van der Waals surface area contributed by atoms with Gasteiger partial charge in [0.1, 0.15) is 6.07 Å². The molecule has 0 spiro atoms. The summed E-state index contributed by atoms with van der Waals surface area (Å²) in [7, 11) is 0. The minimum atomic E-state index is -0.514. The lowest BCUT2D eigenvalue weighted by molar-refractivity contribution is -0.384. The second-order valence-corrected chi connectivity index (χ2v) is 3.58. The zero-order chi connectivity index (χ0) is 13.4. The van der Waals surface area contributed by atoms with E-state index < -0.39 is 4.92 Å². The van der Waals surface area contributed by atoms with Crippen molar-refractivity contribution in [3.63, 3.8) is 0 Å². The lowest BCUT2D eigenvalue weighted by atomic mass is 10.1. The standard InChI is InChI=1S/C12H15N3O3/c1-2-18-7-3-6-14-12-5-4-11(15(16)17)8-10(12)9-13/h4-5,8,14H,2-3,6-7H2,1H3. The number of nitrogens with one attached hydrogen (secondary N) is 1. The van der Waals surface area contributed by atoms with E-state index >= 15 is 0 Å². The normalized spacial score (nSPS) is 9.78. The molecule has 0 aliphatic carbocycles. The second kappa shape index (κ2) is 7.25. The van der Waals surface area contributed by atoms with E-state index in [1.807, 2.05) is 13.0 Å². The maximum absolute atomic E-state index is 10.6. The van der Waals surface area contributed by atoms with E-state index in [1.54, 1.807) is 6.07 Å². The molecule has 6 nitrogen and oxygen atoms in total. The SMILES string of the molecule is CCOCCCNc1ccc([N+](=O)[O-])cc1C#N. The van der Waals surface area contributed by atoms with Crippen molar-refractivity contribution in [1.29, 1.82) is 5.26 Å². The molecule has 0 saturated heterocycles. The fourth-order valence-corrected chi connectivity index (χ4v) is 1.43. The van der Waals surface area contributed by atoms with Crippen LogP contribution in [0.2, 0.25) is 0 Å². The molecule has 0 heterocycles. The summed E-state index contributed by atoms with van der Waals surface area (Å²) in [5.41, 5.74) is 0.812. The van der Waals surface area contributed by atoms with Crippen molar-refractivity contribution in [1.82, 2.24) is 0 Å². The van der Waals surface area contributed by atoms with Crippen molar-refractivity contribution in [2.45, 2.75) is 13.3 Å². The van der Waals surface area contributed by atoms with Gasteiger partial charge in [0, 0.05) is 31.9 Å². The lowest BCUT2D eigenvalue weighted by Gasteiger charge is -2.07. The molecule has 0 radical (unpaired) electrons. The van der Waals surface area contributed by atoms with E-state index in [2.05, 4.69) is 5.32 Å². The minimum absolute atomic E-state index is 0.0774. The quantitative estimate of drug-likeness (QED) is 0.455. The molecule has 0 amide bonds. The van der Waals surface area contributed by atoms with Gasteiger partial charge >= 0.3 is 0 Å². The van der Waals surface area contributed by atoms with Gasteiger partial charge in [-0.3, -0.25) is 10.1 Å². The van der Waals surface area contributed by atoms with Crippen molar-refractivity contribution in [3.05, 3.63) is 33.9 Å². The van der Waals surface area contributed by atoms with E-state index in [0.717, 1.165) is 6.42 Å².